The summed E-state index contributed by atoms with van der Waals surface area (Å²) in [6.45, 7) is 5.97. The Morgan fingerprint density at radius 2 is 1.92 bits per heavy atom. The number of hydrogen-bond donors (Lipinski definition) is 1. The largest absolute Gasteiger partial charge is 0.495 e. The first kappa shape index (κ1) is 26.8. The zero-order valence-corrected chi connectivity index (χ0v) is 23.9. The number of carbonyl (C=O) groups excluding carboxylic acids is 3. The Labute approximate surface area is 236 Å². The summed E-state index contributed by atoms with van der Waals surface area (Å²) in [5.74, 6) is -0.978. The van der Waals surface area contributed by atoms with Gasteiger partial charge in [-0.05, 0) is 94.1 Å². The fourth-order valence-electron chi connectivity index (χ4n) is 5.22. The van der Waals surface area contributed by atoms with Crippen molar-refractivity contribution in [1.29, 1.82) is 0 Å². The summed E-state index contributed by atoms with van der Waals surface area (Å²) in [5, 5.41) is 3.43. The highest BCUT2D eigenvalue weighted by molar-refractivity contribution is 7.80. The number of anilines is 1. The SMILES string of the molecule is CCOC(=O)c1c(-n2c(C)cc(/C=C3\C(=O)NC(=S)N(c4ccccc4OC)C3=O)c2C)sc2c1CCCC2. The van der Waals surface area contributed by atoms with Crippen molar-refractivity contribution in [3.63, 3.8) is 0 Å². The predicted molar refractivity (Wildman–Crippen MR) is 155 cm³/mol. The monoisotopic (exact) mass is 563 g/mol. The van der Waals surface area contributed by atoms with Crippen molar-refractivity contribution in [3.8, 4) is 10.8 Å². The molecule has 1 aliphatic heterocycles. The molecule has 2 aliphatic rings. The molecule has 10 heteroatoms. The number of benzene rings is 1. The maximum atomic E-state index is 13.6. The molecule has 1 N–H and O–H groups in total. The van der Waals surface area contributed by atoms with Crippen molar-refractivity contribution in [3.05, 3.63) is 68.9 Å². The van der Waals surface area contributed by atoms with E-state index in [1.165, 1.54) is 16.9 Å². The van der Waals surface area contributed by atoms with Gasteiger partial charge in [0, 0.05) is 16.3 Å². The molecule has 0 atom stereocenters. The van der Waals surface area contributed by atoms with Crippen molar-refractivity contribution in [1.82, 2.24) is 9.88 Å². The number of carbonyl (C=O) groups is 3. The smallest absolute Gasteiger partial charge is 0.341 e. The van der Waals surface area contributed by atoms with Crippen molar-refractivity contribution in [2.75, 3.05) is 18.6 Å². The molecule has 202 valence electrons. The molecule has 2 aromatic heterocycles. The van der Waals surface area contributed by atoms with Crippen LogP contribution in [0.4, 0.5) is 5.69 Å². The maximum Gasteiger partial charge on any atom is 0.341 e. The summed E-state index contributed by atoms with van der Waals surface area (Å²) >= 11 is 6.97. The second-order valence-corrected chi connectivity index (χ2v) is 10.9. The molecular formula is C29H29N3O5S2. The molecule has 0 saturated carbocycles. The van der Waals surface area contributed by atoms with Crippen LogP contribution >= 0.6 is 23.6 Å². The molecule has 3 heterocycles. The molecule has 3 aromatic rings. The Balaban J connectivity index is 1.60. The maximum absolute atomic E-state index is 13.6. The number of methoxy groups -OCH3 is 1. The van der Waals surface area contributed by atoms with E-state index < -0.39 is 11.8 Å². The first-order valence-corrected chi connectivity index (χ1v) is 14.0. The average molecular weight is 564 g/mol. The molecular weight excluding hydrogens is 534 g/mol. The number of para-hydroxylation sites is 2. The van der Waals surface area contributed by atoms with Crippen molar-refractivity contribution in [2.45, 2.75) is 46.5 Å². The molecule has 1 aromatic carbocycles. The summed E-state index contributed by atoms with van der Waals surface area (Å²) < 4.78 is 12.9. The van der Waals surface area contributed by atoms with E-state index in [0.717, 1.165) is 47.6 Å². The molecule has 1 aliphatic carbocycles. The van der Waals surface area contributed by atoms with Gasteiger partial charge in [0.25, 0.3) is 11.8 Å². The van der Waals surface area contributed by atoms with Crippen LogP contribution in [0.3, 0.4) is 0 Å². The third-order valence-electron chi connectivity index (χ3n) is 7.03. The number of thiophene rings is 1. The molecule has 0 unspecified atom stereocenters. The average Bonchev–Trinajstić information content (AvgIpc) is 3.42. The minimum Gasteiger partial charge on any atom is -0.495 e. The number of thiocarbonyl (C=S) groups is 1. The van der Waals surface area contributed by atoms with Gasteiger partial charge < -0.3 is 14.0 Å². The highest BCUT2D eigenvalue weighted by Gasteiger charge is 2.36. The molecule has 0 bridgehead atoms. The van der Waals surface area contributed by atoms with Gasteiger partial charge in [0.2, 0.25) is 0 Å². The molecule has 2 amide bonds. The van der Waals surface area contributed by atoms with Gasteiger partial charge in [-0.25, -0.2) is 9.69 Å². The van der Waals surface area contributed by atoms with Crippen LogP contribution in [0.5, 0.6) is 5.75 Å². The van der Waals surface area contributed by atoms with E-state index in [1.807, 2.05) is 24.5 Å². The topological polar surface area (TPSA) is 89.9 Å². The van der Waals surface area contributed by atoms with Crippen LogP contribution in [-0.4, -0.2) is 41.2 Å². The minimum absolute atomic E-state index is 0.0135. The molecule has 8 nitrogen and oxygen atoms in total. The second kappa shape index (κ2) is 10.8. The number of hydrogen-bond acceptors (Lipinski definition) is 7. The lowest BCUT2D eigenvalue weighted by molar-refractivity contribution is -0.122. The Hall–Kier alpha value is -3.76. The van der Waals surface area contributed by atoms with E-state index in [1.54, 1.807) is 48.6 Å². The van der Waals surface area contributed by atoms with Crippen LogP contribution in [0.25, 0.3) is 11.1 Å². The number of rotatable bonds is 6. The second-order valence-electron chi connectivity index (χ2n) is 9.40. The molecule has 0 radical (unpaired) electrons. The number of aromatic nitrogens is 1. The van der Waals surface area contributed by atoms with E-state index in [2.05, 4.69) is 5.32 Å². The van der Waals surface area contributed by atoms with Gasteiger partial charge in [-0.1, -0.05) is 12.1 Å². The van der Waals surface area contributed by atoms with Gasteiger partial charge in [0.15, 0.2) is 5.11 Å². The number of ether oxygens (including phenoxy) is 2. The molecule has 0 spiro atoms. The van der Waals surface area contributed by atoms with Crippen LogP contribution in [0.2, 0.25) is 0 Å². The number of fused-ring (bicyclic) bond motifs is 1. The van der Waals surface area contributed by atoms with E-state index in [9.17, 15) is 14.4 Å². The molecule has 39 heavy (non-hydrogen) atoms. The number of nitrogens with one attached hydrogen (secondary N) is 1. The fraction of sp³-hybridized carbons (Fsp3) is 0.310. The Morgan fingerprint density at radius 1 is 1.18 bits per heavy atom. The zero-order valence-electron chi connectivity index (χ0n) is 22.3. The zero-order chi connectivity index (χ0) is 27.8. The van der Waals surface area contributed by atoms with Crippen LogP contribution < -0.4 is 15.0 Å². The van der Waals surface area contributed by atoms with Gasteiger partial charge in [-0.15, -0.1) is 11.3 Å². The van der Waals surface area contributed by atoms with Crippen LogP contribution in [0.15, 0.2) is 35.9 Å². The Kier molecular flexibility index (Phi) is 7.42. The van der Waals surface area contributed by atoms with Crippen LogP contribution in [-0.2, 0) is 27.2 Å². The predicted octanol–water partition coefficient (Wildman–Crippen LogP) is 5.05. The molecule has 1 saturated heterocycles. The van der Waals surface area contributed by atoms with E-state index in [-0.39, 0.29) is 16.7 Å². The Morgan fingerprint density at radius 3 is 2.67 bits per heavy atom. The van der Waals surface area contributed by atoms with Crippen LogP contribution in [0, 0.1) is 13.8 Å². The standard InChI is InChI=1S/C29H29N3O5S2/c1-5-37-28(35)24-19-10-6-9-13-23(19)39-27(24)31-16(2)14-18(17(31)3)15-20-25(33)30-29(38)32(26(20)34)21-11-7-8-12-22(21)36-4/h7-8,11-12,14-15H,5-6,9-10,13H2,1-4H3,(H,30,33,38)/b20-15+. The lowest BCUT2D eigenvalue weighted by Gasteiger charge is -2.29. The van der Waals surface area contributed by atoms with Crippen LogP contribution in [0.1, 0.15) is 57.5 Å². The first-order valence-electron chi connectivity index (χ1n) is 12.8. The third-order valence-corrected chi connectivity index (χ3v) is 8.59. The fourth-order valence-corrected chi connectivity index (χ4v) is 6.98. The summed E-state index contributed by atoms with van der Waals surface area (Å²) in [6, 6.07) is 8.90. The van der Waals surface area contributed by atoms with E-state index >= 15 is 0 Å². The summed E-state index contributed by atoms with van der Waals surface area (Å²) in [5.41, 5.74) is 4.47. The van der Waals surface area contributed by atoms with E-state index in [4.69, 9.17) is 21.7 Å². The van der Waals surface area contributed by atoms with Gasteiger partial charge in [0.1, 0.15) is 16.3 Å². The lowest BCUT2D eigenvalue weighted by atomic mass is 9.95. The lowest BCUT2D eigenvalue weighted by Crippen LogP contribution is -2.54. The molecule has 1 fully saturated rings. The third kappa shape index (κ3) is 4.68. The van der Waals surface area contributed by atoms with Gasteiger partial charge in [-0.3, -0.25) is 14.9 Å². The van der Waals surface area contributed by atoms with Crippen molar-refractivity contribution in [2.24, 2.45) is 0 Å². The number of nitrogens with zero attached hydrogens (tertiary/aromatic N) is 2. The highest BCUT2D eigenvalue weighted by Crippen LogP contribution is 2.39. The van der Waals surface area contributed by atoms with Crippen molar-refractivity contribution < 1.29 is 23.9 Å². The molecule has 5 rings (SSSR count). The van der Waals surface area contributed by atoms with Gasteiger partial charge >= 0.3 is 5.97 Å². The highest BCUT2D eigenvalue weighted by atomic mass is 32.1. The Bertz CT molecular complexity index is 1550. The van der Waals surface area contributed by atoms with Gasteiger partial charge in [0.05, 0.1) is 25.0 Å². The summed E-state index contributed by atoms with van der Waals surface area (Å²) in [4.78, 5) is 42.2. The summed E-state index contributed by atoms with van der Waals surface area (Å²) in [7, 11) is 1.51. The van der Waals surface area contributed by atoms with E-state index in [0.29, 0.717) is 29.2 Å². The normalized spacial score (nSPS) is 16.4. The van der Waals surface area contributed by atoms with Crippen molar-refractivity contribution >= 4 is 58.2 Å². The number of esters is 1. The number of amides is 2. The van der Waals surface area contributed by atoms with Gasteiger partial charge in [-0.2, -0.15) is 0 Å². The quantitative estimate of drug-likeness (QED) is 0.195. The first-order chi connectivity index (χ1) is 18.8. The summed E-state index contributed by atoms with van der Waals surface area (Å²) in [6.07, 6.45) is 5.51. The number of aryl methyl sites for hydroxylation is 2. The minimum atomic E-state index is -0.570.